The monoisotopic (exact) mass is 429 g/mol. The number of benzene rings is 2. The number of hydrogen-bond donors (Lipinski definition) is 1. The second-order valence-electron chi connectivity index (χ2n) is 6.14. The van der Waals surface area contributed by atoms with Gasteiger partial charge in [0.15, 0.2) is 5.69 Å². The van der Waals surface area contributed by atoms with Crippen LogP contribution in [0, 0.1) is 11.6 Å². The van der Waals surface area contributed by atoms with Crippen molar-refractivity contribution in [3.8, 4) is 5.69 Å². The summed E-state index contributed by atoms with van der Waals surface area (Å²) in [6.45, 7) is 1.50. The Morgan fingerprint density at radius 3 is 2.45 bits per heavy atom. The van der Waals surface area contributed by atoms with Gasteiger partial charge in [0.05, 0.1) is 22.8 Å². The van der Waals surface area contributed by atoms with Crippen LogP contribution < -0.4 is 5.32 Å². The topological polar surface area (TPSA) is 46.9 Å². The molecule has 0 aliphatic rings. The molecule has 2 aromatic carbocycles. The van der Waals surface area contributed by atoms with Gasteiger partial charge < -0.3 is 5.32 Å². The van der Waals surface area contributed by atoms with Crippen molar-refractivity contribution in [3.05, 3.63) is 82.1 Å². The van der Waals surface area contributed by atoms with Gasteiger partial charge in [-0.1, -0.05) is 29.8 Å². The number of nitrogens with one attached hydrogen (secondary N) is 1. The van der Waals surface area contributed by atoms with Crippen molar-refractivity contribution in [2.24, 2.45) is 0 Å². The zero-order valence-electron chi connectivity index (χ0n) is 14.8. The van der Waals surface area contributed by atoms with Gasteiger partial charge in [-0.2, -0.15) is 18.3 Å². The molecule has 1 aromatic heterocycles. The quantitative estimate of drug-likeness (QED) is 0.571. The zero-order valence-corrected chi connectivity index (χ0v) is 15.5. The Balaban J connectivity index is 1.97. The minimum Gasteiger partial charge on any atom is -0.345 e. The normalized spacial score (nSPS) is 12.7. The third kappa shape index (κ3) is 4.24. The summed E-state index contributed by atoms with van der Waals surface area (Å²) in [5, 5.41) is 5.76. The third-order valence-corrected chi connectivity index (χ3v) is 4.44. The number of carbonyl (C=O) groups excluding carboxylic acids is 1. The molecule has 1 heterocycles. The highest BCUT2D eigenvalue weighted by Gasteiger charge is 2.41. The minimum absolute atomic E-state index is 0.188. The van der Waals surface area contributed by atoms with Crippen molar-refractivity contribution in [2.75, 3.05) is 0 Å². The molecule has 3 rings (SSSR count). The Kier molecular flexibility index (Phi) is 5.61. The Hall–Kier alpha value is -2.94. The summed E-state index contributed by atoms with van der Waals surface area (Å²) >= 11 is 5.70. The average Bonchev–Trinajstić information content (AvgIpc) is 3.09. The number of hydrogen-bond acceptors (Lipinski definition) is 2. The predicted molar refractivity (Wildman–Crippen MR) is 95.8 cm³/mol. The van der Waals surface area contributed by atoms with E-state index in [9.17, 15) is 26.7 Å². The number of alkyl halides is 3. The van der Waals surface area contributed by atoms with Crippen LogP contribution in [-0.4, -0.2) is 15.7 Å². The van der Waals surface area contributed by atoms with Gasteiger partial charge in [-0.3, -0.25) is 4.79 Å². The van der Waals surface area contributed by atoms with Crippen molar-refractivity contribution in [3.63, 3.8) is 0 Å². The Labute approximate surface area is 166 Å². The van der Waals surface area contributed by atoms with Crippen molar-refractivity contribution in [1.29, 1.82) is 0 Å². The molecule has 0 unspecified atom stereocenters. The van der Waals surface area contributed by atoms with Crippen LogP contribution in [-0.2, 0) is 6.18 Å². The molecule has 1 N–H and O–H groups in total. The summed E-state index contributed by atoms with van der Waals surface area (Å²) in [6.07, 6.45) is -4.26. The lowest BCUT2D eigenvalue weighted by Crippen LogP contribution is -2.29. The van der Waals surface area contributed by atoms with E-state index in [2.05, 4.69) is 10.4 Å². The van der Waals surface area contributed by atoms with E-state index < -0.39 is 46.7 Å². The summed E-state index contributed by atoms with van der Waals surface area (Å²) in [5.41, 5.74) is -2.25. The van der Waals surface area contributed by atoms with Gasteiger partial charge in [-0.15, -0.1) is 0 Å². The summed E-state index contributed by atoms with van der Waals surface area (Å²) in [4.78, 5) is 12.5. The number of rotatable bonds is 4. The molecular weight excluding hydrogens is 417 g/mol. The van der Waals surface area contributed by atoms with Crippen LogP contribution in [0.4, 0.5) is 22.0 Å². The lowest BCUT2D eigenvalue weighted by Gasteiger charge is -2.16. The molecule has 10 heteroatoms. The molecule has 4 nitrogen and oxygen atoms in total. The molecule has 152 valence electrons. The molecule has 0 radical (unpaired) electrons. The first-order valence-corrected chi connectivity index (χ1v) is 8.63. The lowest BCUT2D eigenvalue weighted by molar-refractivity contribution is -0.143. The van der Waals surface area contributed by atoms with E-state index in [4.69, 9.17) is 11.6 Å². The van der Waals surface area contributed by atoms with Crippen LogP contribution in [0.15, 0.2) is 48.7 Å². The van der Waals surface area contributed by atoms with Crippen LogP contribution in [0.2, 0.25) is 5.02 Å². The molecule has 0 bridgehead atoms. The highest BCUT2D eigenvalue weighted by atomic mass is 35.5. The van der Waals surface area contributed by atoms with Crippen LogP contribution in [0.25, 0.3) is 5.69 Å². The third-order valence-electron chi connectivity index (χ3n) is 4.15. The maximum atomic E-state index is 14.0. The molecule has 0 fully saturated rings. The number of amides is 1. The first kappa shape index (κ1) is 20.8. The fourth-order valence-corrected chi connectivity index (χ4v) is 2.92. The van der Waals surface area contributed by atoms with Crippen LogP contribution >= 0.6 is 11.6 Å². The van der Waals surface area contributed by atoms with Gasteiger partial charge in [-0.05, 0) is 36.8 Å². The number of halogens is 6. The highest BCUT2D eigenvalue weighted by molar-refractivity contribution is 6.30. The van der Waals surface area contributed by atoms with Gasteiger partial charge in [0, 0.05) is 0 Å². The maximum absolute atomic E-state index is 14.0. The highest BCUT2D eigenvalue weighted by Crippen LogP contribution is 2.34. The SMILES string of the molecule is C[C@@H](NC(=O)c1cnn(-c2ccccc2F)c1C(F)(F)F)c1ccc(F)c(Cl)c1. The lowest BCUT2D eigenvalue weighted by atomic mass is 10.1. The molecule has 0 spiro atoms. The molecule has 29 heavy (non-hydrogen) atoms. The molecular formula is C19H13ClF5N3O. The molecule has 1 amide bonds. The smallest absolute Gasteiger partial charge is 0.345 e. The van der Waals surface area contributed by atoms with Crippen LogP contribution in [0.1, 0.15) is 34.6 Å². The van der Waals surface area contributed by atoms with Crippen LogP contribution in [0.5, 0.6) is 0 Å². The summed E-state index contributed by atoms with van der Waals surface area (Å²) in [7, 11) is 0. The largest absolute Gasteiger partial charge is 0.434 e. The van der Waals surface area contributed by atoms with Gasteiger partial charge in [0.1, 0.15) is 17.3 Å². The van der Waals surface area contributed by atoms with Gasteiger partial charge in [-0.25, -0.2) is 13.5 Å². The predicted octanol–water partition coefficient (Wildman–Crippen LogP) is 5.31. The number of aromatic nitrogens is 2. The average molecular weight is 430 g/mol. The van der Waals surface area contributed by atoms with Crippen molar-refractivity contribution < 1.29 is 26.7 Å². The molecule has 3 aromatic rings. The Morgan fingerprint density at radius 1 is 1.14 bits per heavy atom. The van der Waals surface area contributed by atoms with Crippen molar-refractivity contribution >= 4 is 17.5 Å². The second-order valence-corrected chi connectivity index (χ2v) is 6.54. The minimum atomic E-state index is -4.98. The second kappa shape index (κ2) is 7.82. The number of nitrogens with zero attached hydrogens (tertiary/aromatic N) is 2. The first-order chi connectivity index (χ1) is 13.6. The van der Waals surface area contributed by atoms with E-state index in [1.54, 1.807) is 0 Å². The number of carbonyl (C=O) groups is 1. The Morgan fingerprint density at radius 2 is 1.83 bits per heavy atom. The van der Waals surface area contributed by atoms with Gasteiger partial charge in [0.25, 0.3) is 5.91 Å². The van der Waals surface area contributed by atoms with E-state index in [0.29, 0.717) is 10.2 Å². The maximum Gasteiger partial charge on any atom is 0.434 e. The first-order valence-electron chi connectivity index (χ1n) is 8.25. The van der Waals surface area contributed by atoms with E-state index in [-0.39, 0.29) is 5.02 Å². The zero-order chi connectivity index (χ0) is 21.3. The fraction of sp³-hybridized carbons (Fsp3) is 0.158. The van der Waals surface area contributed by atoms with E-state index >= 15 is 0 Å². The fourth-order valence-electron chi connectivity index (χ4n) is 2.73. The van der Waals surface area contributed by atoms with E-state index in [1.807, 2.05) is 0 Å². The summed E-state index contributed by atoms with van der Waals surface area (Å²) in [6, 6.07) is 7.67. The number of para-hydroxylation sites is 1. The standard InChI is InChI=1S/C19H13ClF5N3O/c1-10(11-6-7-14(21)13(20)8-11)27-18(29)12-9-26-28(17(12)19(23,24)25)16-5-3-2-4-15(16)22/h2-10H,1H3,(H,27,29)/t10-/m1/s1. The van der Waals surface area contributed by atoms with E-state index in [0.717, 1.165) is 24.4 Å². The molecule has 0 aliphatic heterocycles. The molecule has 1 atom stereocenters. The van der Waals surface area contributed by atoms with Crippen molar-refractivity contribution in [1.82, 2.24) is 15.1 Å². The molecule has 0 saturated heterocycles. The van der Waals surface area contributed by atoms with E-state index in [1.165, 1.54) is 31.2 Å². The summed E-state index contributed by atoms with van der Waals surface area (Å²) in [5.74, 6) is -2.67. The van der Waals surface area contributed by atoms with Gasteiger partial charge in [0.2, 0.25) is 0 Å². The Bertz CT molecular complexity index is 1060. The molecule has 0 saturated carbocycles. The van der Waals surface area contributed by atoms with Crippen molar-refractivity contribution in [2.45, 2.75) is 19.1 Å². The van der Waals surface area contributed by atoms with Crippen LogP contribution in [0.3, 0.4) is 0 Å². The molecule has 0 aliphatic carbocycles. The van der Waals surface area contributed by atoms with Gasteiger partial charge >= 0.3 is 6.18 Å². The summed E-state index contributed by atoms with van der Waals surface area (Å²) < 4.78 is 68.6.